The van der Waals surface area contributed by atoms with E-state index in [1.165, 1.54) is 25.1 Å². The summed E-state index contributed by atoms with van der Waals surface area (Å²) >= 11 is 0. The summed E-state index contributed by atoms with van der Waals surface area (Å²) in [6, 6.07) is 13.8. The standard InChI is InChI=1S/C20H25N3O5S/c1-15-17(11-8-12-18(15)23(25)26)22(29(4,27)28)14-19(24)21-20(2,3)13-16-9-6-5-7-10-16/h5-12H,13-14H2,1-4H3,(H,21,24). The Balaban J connectivity index is 2.24. The molecule has 1 N–H and O–H groups in total. The van der Waals surface area contributed by atoms with Crippen LogP contribution in [0, 0.1) is 17.0 Å². The smallest absolute Gasteiger partial charge is 0.274 e. The van der Waals surface area contributed by atoms with Gasteiger partial charge in [-0.15, -0.1) is 0 Å². The van der Waals surface area contributed by atoms with Gasteiger partial charge in [0.2, 0.25) is 15.9 Å². The summed E-state index contributed by atoms with van der Waals surface area (Å²) in [5.41, 5.74) is 0.504. The first kappa shape index (κ1) is 22.4. The van der Waals surface area contributed by atoms with Crippen LogP contribution >= 0.6 is 0 Å². The van der Waals surface area contributed by atoms with Crippen LogP contribution in [0.25, 0.3) is 0 Å². The van der Waals surface area contributed by atoms with Gasteiger partial charge in [-0.05, 0) is 38.8 Å². The molecule has 0 bridgehead atoms. The molecule has 2 rings (SSSR count). The van der Waals surface area contributed by atoms with Crippen molar-refractivity contribution in [2.24, 2.45) is 0 Å². The maximum Gasteiger partial charge on any atom is 0.274 e. The van der Waals surface area contributed by atoms with E-state index in [1.54, 1.807) is 0 Å². The maximum atomic E-state index is 12.7. The van der Waals surface area contributed by atoms with Gasteiger partial charge in [0, 0.05) is 11.6 Å². The first-order valence-corrected chi connectivity index (χ1v) is 10.8. The highest BCUT2D eigenvalue weighted by Crippen LogP contribution is 2.29. The van der Waals surface area contributed by atoms with Crippen LogP contribution in [0.4, 0.5) is 11.4 Å². The van der Waals surface area contributed by atoms with E-state index in [2.05, 4.69) is 5.32 Å². The molecule has 29 heavy (non-hydrogen) atoms. The van der Waals surface area contributed by atoms with E-state index in [-0.39, 0.29) is 16.9 Å². The molecule has 0 aromatic heterocycles. The summed E-state index contributed by atoms with van der Waals surface area (Å²) in [4.78, 5) is 23.3. The van der Waals surface area contributed by atoms with Crippen molar-refractivity contribution in [3.63, 3.8) is 0 Å². The Bertz CT molecular complexity index is 1000. The van der Waals surface area contributed by atoms with Crippen molar-refractivity contribution in [2.45, 2.75) is 32.7 Å². The molecule has 9 heteroatoms. The second-order valence-corrected chi connectivity index (χ2v) is 9.45. The van der Waals surface area contributed by atoms with Gasteiger partial charge in [-0.3, -0.25) is 19.2 Å². The lowest BCUT2D eigenvalue weighted by Crippen LogP contribution is -2.50. The van der Waals surface area contributed by atoms with Gasteiger partial charge in [-0.2, -0.15) is 0 Å². The molecule has 0 spiro atoms. The highest BCUT2D eigenvalue weighted by atomic mass is 32.2. The average molecular weight is 420 g/mol. The monoisotopic (exact) mass is 419 g/mol. The van der Waals surface area contributed by atoms with Gasteiger partial charge in [0.25, 0.3) is 5.69 Å². The van der Waals surface area contributed by atoms with Crippen LogP contribution in [0.5, 0.6) is 0 Å². The summed E-state index contributed by atoms with van der Waals surface area (Å²) in [7, 11) is -3.84. The zero-order chi connectivity index (χ0) is 21.8. The lowest BCUT2D eigenvalue weighted by molar-refractivity contribution is -0.385. The zero-order valence-corrected chi connectivity index (χ0v) is 17.7. The van der Waals surface area contributed by atoms with Gasteiger partial charge >= 0.3 is 0 Å². The number of hydrogen-bond acceptors (Lipinski definition) is 5. The molecule has 0 saturated heterocycles. The molecule has 0 aliphatic rings. The number of hydrogen-bond donors (Lipinski definition) is 1. The largest absolute Gasteiger partial charge is 0.349 e. The number of nitro benzene ring substituents is 1. The summed E-state index contributed by atoms with van der Waals surface area (Å²) in [6.45, 7) is 4.69. The Morgan fingerprint density at radius 3 is 2.31 bits per heavy atom. The summed E-state index contributed by atoms with van der Waals surface area (Å²) in [6.07, 6.45) is 1.53. The molecule has 0 unspecified atom stereocenters. The van der Waals surface area contributed by atoms with E-state index in [9.17, 15) is 23.3 Å². The molecule has 0 saturated carbocycles. The summed E-state index contributed by atoms with van der Waals surface area (Å²) in [5, 5.41) is 14.0. The molecule has 156 valence electrons. The van der Waals surface area contributed by atoms with Crippen LogP contribution in [0.15, 0.2) is 48.5 Å². The lowest BCUT2D eigenvalue weighted by Gasteiger charge is -2.29. The van der Waals surface area contributed by atoms with E-state index < -0.39 is 32.9 Å². The number of nitrogens with one attached hydrogen (secondary N) is 1. The second-order valence-electron chi connectivity index (χ2n) is 7.54. The van der Waals surface area contributed by atoms with Crippen molar-refractivity contribution in [1.82, 2.24) is 5.32 Å². The number of anilines is 1. The molecule has 8 nitrogen and oxygen atoms in total. The quantitative estimate of drug-likeness (QED) is 0.523. The molecule has 0 aliphatic carbocycles. The first-order valence-electron chi connectivity index (χ1n) is 8.97. The topological polar surface area (TPSA) is 110 Å². The molecule has 1 amide bonds. The van der Waals surface area contributed by atoms with E-state index in [0.717, 1.165) is 16.1 Å². The van der Waals surface area contributed by atoms with E-state index >= 15 is 0 Å². The number of carbonyl (C=O) groups excluding carboxylic acids is 1. The molecule has 0 heterocycles. The predicted molar refractivity (Wildman–Crippen MR) is 112 cm³/mol. The second kappa shape index (κ2) is 8.60. The number of sulfonamides is 1. The highest BCUT2D eigenvalue weighted by Gasteiger charge is 2.28. The van der Waals surface area contributed by atoms with Crippen LogP contribution < -0.4 is 9.62 Å². The average Bonchev–Trinajstić information content (AvgIpc) is 2.59. The van der Waals surface area contributed by atoms with E-state index in [4.69, 9.17) is 0 Å². The predicted octanol–water partition coefficient (Wildman–Crippen LogP) is 2.81. The van der Waals surface area contributed by atoms with Crippen molar-refractivity contribution in [3.8, 4) is 0 Å². The van der Waals surface area contributed by atoms with Gasteiger partial charge in [0.15, 0.2) is 0 Å². The van der Waals surface area contributed by atoms with Crippen molar-refractivity contribution < 1.29 is 18.1 Å². The molecular formula is C20H25N3O5S. The maximum absolute atomic E-state index is 12.7. The number of rotatable bonds is 8. The Hall–Kier alpha value is -2.94. The Kier molecular flexibility index (Phi) is 6.63. The van der Waals surface area contributed by atoms with Crippen molar-refractivity contribution in [3.05, 3.63) is 69.8 Å². The Morgan fingerprint density at radius 2 is 1.76 bits per heavy atom. The summed E-state index contributed by atoms with van der Waals surface area (Å²) in [5.74, 6) is -0.498. The van der Waals surface area contributed by atoms with Gasteiger partial charge in [-0.1, -0.05) is 36.4 Å². The van der Waals surface area contributed by atoms with E-state index in [1.807, 2.05) is 44.2 Å². The number of nitrogens with zero attached hydrogens (tertiary/aromatic N) is 2. The number of nitro groups is 1. The molecule has 0 fully saturated rings. The minimum atomic E-state index is -3.84. The van der Waals surface area contributed by atoms with Gasteiger partial charge in [-0.25, -0.2) is 8.42 Å². The minimum Gasteiger partial charge on any atom is -0.349 e. The molecule has 0 aliphatic heterocycles. The van der Waals surface area contributed by atoms with Crippen molar-refractivity contribution >= 4 is 27.3 Å². The minimum absolute atomic E-state index is 0.109. The molecule has 2 aromatic rings. The van der Waals surface area contributed by atoms with Crippen LogP contribution in [0.2, 0.25) is 0 Å². The molecule has 2 aromatic carbocycles. The SMILES string of the molecule is Cc1c(N(CC(=O)NC(C)(C)Cc2ccccc2)S(C)(=O)=O)cccc1[N+](=O)[O-]. The number of carbonyl (C=O) groups is 1. The highest BCUT2D eigenvalue weighted by molar-refractivity contribution is 7.92. The normalized spacial score (nSPS) is 11.7. The number of benzene rings is 2. The lowest BCUT2D eigenvalue weighted by atomic mass is 9.95. The van der Waals surface area contributed by atoms with Crippen molar-refractivity contribution in [1.29, 1.82) is 0 Å². The zero-order valence-electron chi connectivity index (χ0n) is 16.9. The van der Waals surface area contributed by atoms with Gasteiger partial charge in [0.1, 0.15) is 6.54 Å². The Labute approximate surface area is 170 Å². The first-order chi connectivity index (χ1) is 13.4. The fraction of sp³-hybridized carbons (Fsp3) is 0.350. The third-order valence-corrected chi connectivity index (χ3v) is 5.52. The summed E-state index contributed by atoms with van der Waals surface area (Å²) < 4.78 is 25.6. The van der Waals surface area contributed by atoms with Crippen LogP contribution in [0.1, 0.15) is 25.0 Å². The fourth-order valence-electron chi connectivity index (χ4n) is 3.16. The van der Waals surface area contributed by atoms with Crippen molar-refractivity contribution in [2.75, 3.05) is 17.1 Å². The van der Waals surface area contributed by atoms with Gasteiger partial charge < -0.3 is 5.32 Å². The van der Waals surface area contributed by atoms with Crippen LogP contribution in [-0.4, -0.2) is 37.6 Å². The molecular weight excluding hydrogens is 394 g/mol. The third kappa shape index (κ3) is 6.02. The van der Waals surface area contributed by atoms with Crippen LogP contribution in [0.3, 0.4) is 0 Å². The number of amides is 1. The molecule has 0 atom stereocenters. The Morgan fingerprint density at radius 1 is 1.14 bits per heavy atom. The third-order valence-electron chi connectivity index (χ3n) is 4.40. The van der Waals surface area contributed by atoms with Crippen LogP contribution in [-0.2, 0) is 21.2 Å². The fourth-order valence-corrected chi connectivity index (χ4v) is 4.07. The van der Waals surface area contributed by atoms with E-state index in [0.29, 0.717) is 6.42 Å². The molecule has 0 radical (unpaired) electrons. The van der Waals surface area contributed by atoms with Gasteiger partial charge in [0.05, 0.1) is 22.4 Å².